The van der Waals surface area contributed by atoms with Crippen molar-refractivity contribution >= 4 is 23.6 Å². The second-order valence-electron chi connectivity index (χ2n) is 5.03. The molecule has 1 aliphatic rings. The number of aromatic amines is 1. The number of allylic oxidation sites excluding steroid dienone is 6. The minimum atomic E-state index is -0.313. The van der Waals surface area contributed by atoms with Crippen molar-refractivity contribution < 1.29 is 4.79 Å². The van der Waals surface area contributed by atoms with E-state index in [0.29, 0.717) is 17.7 Å². The monoisotopic (exact) mass is 324 g/mol. The minimum Gasteiger partial charge on any atom is -0.302 e. The maximum Gasteiger partial charge on any atom is 0.331 e. The van der Waals surface area contributed by atoms with Crippen LogP contribution in [0.4, 0.5) is 0 Å². The fourth-order valence-corrected chi connectivity index (χ4v) is 3.03. The molecule has 4 nitrogen and oxygen atoms in total. The third-order valence-corrected chi connectivity index (χ3v) is 4.35. The first-order valence-corrected chi connectivity index (χ1v) is 8.45. The van der Waals surface area contributed by atoms with Gasteiger partial charge in [0, 0.05) is 4.90 Å². The van der Waals surface area contributed by atoms with E-state index in [4.69, 9.17) is 0 Å². The minimum absolute atomic E-state index is 0.294. The Morgan fingerprint density at radius 1 is 1.30 bits per heavy atom. The summed E-state index contributed by atoms with van der Waals surface area (Å²) in [6, 6.07) is 7.70. The molecule has 0 spiro atoms. The quantitative estimate of drug-likeness (QED) is 0.690. The molecule has 0 fully saturated rings. The molecular formula is C18H16N2O2S. The SMILES string of the molecule is CSc1cccc(-n2c(C3=CCC=CC=C3)c(C=O)[nH]c2=O)c1. The summed E-state index contributed by atoms with van der Waals surface area (Å²) in [4.78, 5) is 27.6. The number of hydrogen-bond acceptors (Lipinski definition) is 3. The van der Waals surface area contributed by atoms with E-state index in [2.05, 4.69) is 4.98 Å². The van der Waals surface area contributed by atoms with Crippen molar-refractivity contribution in [2.45, 2.75) is 11.3 Å². The molecule has 0 aliphatic heterocycles. The summed E-state index contributed by atoms with van der Waals surface area (Å²) >= 11 is 1.61. The Kier molecular flexibility index (Phi) is 4.48. The zero-order chi connectivity index (χ0) is 16.2. The lowest BCUT2D eigenvalue weighted by Crippen LogP contribution is -2.16. The molecule has 1 N–H and O–H groups in total. The van der Waals surface area contributed by atoms with Crippen LogP contribution >= 0.6 is 11.8 Å². The van der Waals surface area contributed by atoms with Crippen molar-refractivity contribution in [2.24, 2.45) is 0 Å². The first-order chi connectivity index (χ1) is 11.2. The average Bonchev–Trinajstić information content (AvgIpc) is 2.76. The van der Waals surface area contributed by atoms with Gasteiger partial charge in [0.15, 0.2) is 6.29 Å². The van der Waals surface area contributed by atoms with Crippen molar-refractivity contribution in [1.82, 2.24) is 9.55 Å². The number of rotatable bonds is 4. The van der Waals surface area contributed by atoms with Crippen LogP contribution in [-0.2, 0) is 0 Å². The molecule has 0 saturated carbocycles. The summed E-state index contributed by atoms with van der Waals surface area (Å²) in [7, 11) is 0. The predicted octanol–water partition coefficient (Wildman–Crippen LogP) is 3.60. The number of imidazole rings is 1. The Balaban J connectivity index is 2.24. The lowest BCUT2D eigenvalue weighted by molar-refractivity contribution is 0.111. The molecule has 0 unspecified atom stereocenters. The maximum absolute atomic E-state index is 12.4. The number of carbonyl (C=O) groups excluding carboxylic acids is 1. The van der Waals surface area contributed by atoms with Gasteiger partial charge in [-0.15, -0.1) is 11.8 Å². The van der Waals surface area contributed by atoms with Crippen LogP contribution in [0, 0.1) is 0 Å². The van der Waals surface area contributed by atoms with Crippen LogP contribution in [0.5, 0.6) is 0 Å². The lowest BCUT2D eigenvalue weighted by atomic mass is 10.1. The van der Waals surface area contributed by atoms with Gasteiger partial charge in [0.05, 0.1) is 11.4 Å². The van der Waals surface area contributed by atoms with Gasteiger partial charge in [-0.1, -0.05) is 36.4 Å². The Morgan fingerprint density at radius 3 is 2.96 bits per heavy atom. The zero-order valence-electron chi connectivity index (χ0n) is 12.7. The second-order valence-corrected chi connectivity index (χ2v) is 5.91. The van der Waals surface area contributed by atoms with Gasteiger partial charge in [0.1, 0.15) is 5.69 Å². The molecule has 1 aliphatic carbocycles. The molecule has 0 radical (unpaired) electrons. The second kappa shape index (κ2) is 6.71. The van der Waals surface area contributed by atoms with Gasteiger partial charge in [-0.2, -0.15) is 0 Å². The van der Waals surface area contributed by atoms with Crippen molar-refractivity contribution in [1.29, 1.82) is 0 Å². The topological polar surface area (TPSA) is 54.9 Å². The molecular weight excluding hydrogens is 308 g/mol. The van der Waals surface area contributed by atoms with Gasteiger partial charge in [-0.3, -0.25) is 9.36 Å². The van der Waals surface area contributed by atoms with E-state index in [0.717, 1.165) is 22.6 Å². The van der Waals surface area contributed by atoms with Gasteiger partial charge in [-0.05, 0) is 36.4 Å². The summed E-state index contributed by atoms with van der Waals surface area (Å²) in [5.74, 6) is 0. The predicted molar refractivity (Wildman–Crippen MR) is 94.4 cm³/mol. The Bertz CT molecular complexity index is 885. The molecule has 0 bridgehead atoms. The number of nitrogens with zero attached hydrogens (tertiary/aromatic N) is 1. The summed E-state index contributed by atoms with van der Waals surface area (Å²) in [5, 5.41) is 0. The van der Waals surface area contributed by atoms with E-state index >= 15 is 0 Å². The zero-order valence-corrected chi connectivity index (χ0v) is 13.5. The van der Waals surface area contributed by atoms with Crippen molar-refractivity contribution in [2.75, 3.05) is 6.26 Å². The smallest absolute Gasteiger partial charge is 0.302 e. The number of carbonyl (C=O) groups is 1. The molecule has 2 aromatic rings. The molecule has 5 heteroatoms. The number of aromatic nitrogens is 2. The number of H-pyrrole nitrogens is 1. The van der Waals surface area contributed by atoms with E-state index < -0.39 is 0 Å². The summed E-state index contributed by atoms with van der Waals surface area (Å²) < 4.78 is 1.56. The van der Waals surface area contributed by atoms with Gasteiger partial charge < -0.3 is 4.98 Å². The Labute approximate surface area is 138 Å². The van der Waals surface area contributed by atoms with Crippen LogP contribution in [0.2, 0.25) is 0 Å². The summed E-state index contributed by atoms with van der Waals surface area (Å²) in [6.45, 7) is 0. The molecule has 116 valence electrons. The van der Waals surface area contributed by atoms with Gasteiger partial charge in [-0.25, -0.2) is 4.79 Å². The van der Waals surface area contributed by atoms with Crippen LogP contribution in [0.1, 0.15) is 22.6 Å². The van der Waals surface area contributed by atoms with Gasteiger partial charge >= 0.3 is 5.69 Å². The summed E-state index contributed by atoms with van der Waals surface area (Å²) in [5.41, 5.74) is 2.18. The highest BCUT2D eigenvalue weighted by molar-refractivity contribution is 7.98. The van der Waals surface area contributed by atoms with Crippen molar-refractivity contribution in [3.8, 4) is 5.69 Å². The Hall–Kier alpha value is -2.53. The number of nitrogens with one attached hydrogen (secondary N) is 1. The molecule has 0 amide bonds. The van der Waals surface area contributed by atoms with Crippen LogP contribution in [0.3, 0.4) is 0 Å². The lowest BCUT2D eigenvalue weighted by Gasteiger charge is -2.10. The molecule has 1 aromatic carbocycles. The van der Waals surface area contributed by atoms with E-state index in [1.807, 2.05) is 60.9 Å². The molecule has 0 saturated heterocycles. The first-order valence-electron chi connectivity index (χ1n) is 7.23. The van der Waals surface area contributed by atoms with Crippen LogP contribution in [0.15, 0.2) is 64.3 Å². The number of thioether (sulfide) groups is 1. The molecule has 0 atom stereocenters. The highest BCUT2D eigenvalue weighted by Crippen LogP contribution is 2.25. The molecule has 1 heterocycles. The number of hydrogen-bond donors (Lipinski definition) is 1. The van der Waals surface area contributed by atoms with Gasteiger partial charge in [0.25, 0.3) is 0 Å². The fraction of sp³-hybridized carbons (Fsp3) is 0.111. The molecule has 1 aromatic heterocycles. The van der Waals surface area contributed by atoms with E-state index in [9.17, 15) is 9.59 Å². The Morgan fingerprint density at radius 2 is 2.17 bits per heavy atom. The standard InChI is InChI=1S/C18H16N2O2S/c1-23-15-10-6-9-14(11-15)20-17(16(12-21)19-18(20)22)13-7-4-2-3-5-8-13/h2-4,6-12H,5H2,1H3,(H,19,22). The summed E-state index contributed by atoms with van der Waals surface area (Å²) in [6.07, 6.45) is 13.2. The van der Waals surface area contributed by atoms with Crippen molar-refractivity contribution in [3.63, 3.8) is 0 Å². The number of benzene rings is 1. The largest absolute Gasteiger partial charge is 0.331 e. The van der Waals surface area contributed by atoms with E-state index in [1.54, 1.807) is 16.3 Å². The maximum atomic E-state index is 12.4. The first kappa shape index (κ1) is 15.4. The highest BCUT2D eigenvalue weighted by atomic mass is 32.2. The number of aldehydes is 1. The van der Waals surface area contributed by atoms with Crippen LogP contribution < -0.4 is 5.69 Å². The van der Waals surface area contributed by atoms with E-state index in [-0.39, 0.29) is 5.69 Å². The molecule has 23 heavy (non-hydrogen) atoms. The van der Waals surface area contributed by atoms with Crippen LogP contribution in [-0.4, -0.2) is 22.1 Å². The highest BCUT2D eigenvalue weighted by Gasteiger charge is 2.18. The van der Waals surface area contributed by atoms with E-state index in [1.165, 1.54) is 0 Å². The van der Waals surface area contributed by atoms with Gasteiger partial charge in [0.2, 0.25) is 0 Å². The normalized spacial score (nSPS) is 13.7. The van der Waals surface area contributed by atoms with Crippen molar-refractivity contribution in [3.05, 3.63) is 76.5 Å². The average molecular weight is 324 g/mol. The third-order valence-electron chi connectivity index (χ3n) is 3.62. The fourth-order valence-electron chi connectivity index (χ4n) is 2.57. The third kappa shape index (κ3) is 3.00. The van der Waals surface area contributed by atoms with Crippen LogP contribution in [0.25, 0.3) is 11.3 Å². The molecule has 3 rings (SSSR count).